The van der Waals surface area contributed by atoms with E-state index in [1.807, 2.05) is 13.0 Å². The number of anilines is 2. The fourth-order valence-corrected chi connectivity index (χ4v) is 3.23. The molecular formula is C24H19F3N4O2. The quantitative estimate of drug-likeness (QED) is 0.390. The molecule has 4 rings (SSSR count). The highest BCUT2D eigenvalue weighted by molar-refractivity contribution is 5.95. The van der Waals surface area contributed by atoms with Gasteiger partial charge < -0.3 is 15.1 Å². The molecular weight excluding hydrogens is 433 g/mol. The van der Waals surface area contributed by atoms with Crippen molar-refractivity contribution in [3.63, 3.8) is 0 Å². The number of benzene rings is 2. The number of nitrogens with one attached hydrogen (secondary N) is 2. The summed E-state index contributed by atoms with van der Waals surface area (Å²) in [5.74, 6) is 1.31. The van der Waals surface area contributed by atoms with Gasteiger partial charge in [0.15, 0.2) is 0 Å². The van der Waals surface area contributed by atoms with Gasteiger partial charge in [-0.15, -0.1) is 0 Å². The topological polar surface area (TPSA) is 80.0 Å². The van der Waals surface area contributed by atoms with Gasteiger partial charge >= 0.3 is 6.18 Å². The van der Waals surface area contributed by atoms with Crippen LogP contribution in [-0.2, 0) is 12.7 Å². The van der Waals surface area contributed by atoms with Gasteiger partial charge in [-0.1, -0.05) is 24.3 Å². The van der Waals surface area contributed by atoms with Crippen LogP contribution in [0.5, 0.6) is 0 Å². The van der Waals surface area contributed by atoms with Gasteiger partial charge in [0.05, 0.1) is 12.1 Å². The lowest BCUT2D eigenvalue weighted by Crippen LogP contribution is -2.22. The van der Waals surface area contributed by atoms with Gasteiger partial charge in [-0.05, 0) is 48.9 Å². The van der Waals surface area contributed by atoms with Gasteiger partial charge in [0.1, 0.15) is 11.5 Å². The van der Waals surface area contributed by atoms with Crippen LogP contribution >= 0.6 is 0 Å². The highest BCUT2D eigenvalue weighted by Gasteiger charge is 2.33. The van der Waals surface area contributed by atoms with E-state index in [0.717, 1.165) is 11.8 Å². The summed E-state index contributed by atoms with van der Waals surface area (Å²) in [7, 11) is 0. The predicted molar refractivity (Wildman–Crippen MR) is 117 cm³/mol. The Labute approximate surface area is 187 Å². The van der Waals surface area contributed by atoms with Gasteiger partial charge in [0.2, 0.25) is 5.95 Å². The largest absolute Gasteiger partial charge is 0.465 e. The minimum atomic E-state index is -4.48. The number of nitrogens with zero attached hydrogens (tertiary/aromatic N) is 2. The SMILES string of the molecule is Cc1ccc(CNC(=O)c2cccc(Nc3ncc(-c4ccccc4C(F)(F)F)cn3)c2)o1. The lowest BCUT2D eigenvalue weighted by molar-refractivity contribution is -0.137. The third kappa shape index (κ3) is 5.38. The summed E-state index contributed by atoms with van der Waals surface area (Å²) in [6.45, 7) is 2.08. The number of hydrogen-bond acceptors (Lipinski definition) is 5. The smallest absolute Gasteiger partial charge is 0.417 e. The molecule has 33 heavy (non-hydrogen) atoms. The Hall–Kier alpha value is -4.14. The molecule has 0 aliphatic heterocycles. The number of alkyl halides is 3. The molecule has 0 radical (unpaired) electrons. The van der Waals surface area contributed by atoms with Gasteiger partial charge in [-0.3, -0.25) is 4.79 Å². The van der Waals surface area contributed by atoms with Crippen molar-refractivity contribution in [2.24, 2.45) is 0 Å². The summed E-state index contributed by atoms with van der Waals surface area (Å²) in [6, 6.07) is 15.6. The molecule has 0 saturated carbocycles. The molecule has 0 atom stereocenters. The second-order valence-corrected chi connectivity index (χ2v) is 7.24. The average Bonchev–Trinajstić information content (AvgIpc) is 3.23. The van der Waals surface area contributed by atoms with E-state index in [2.05, 4.69) is 20.6 Å². The summed E-state index contributed by atoms with van der Waals surface area (Å²) >= 11 is 0. The zero-order valence-electron chi connectivity index (χ0n) is 17.5. The van der Waals surface area contributed by atoms with Crippen molar-refractivity contribution in [2.75, 3.05) is 5.32 Å². The van der Waals surface area contributed by atoms with E-state index in [1.54, 1.807) is 30.3 Å². The first-order valence-electron chi connectivity index (χ1n) is 9.99. The van der Waals surface area contributed by atoms with Crippen molar-refractivity contribution in [3.05, 3.63) is 95.7 Å². The Bertz CT molecular complexity index is 1270. The van der Waals surface area contributed by atoms with Crippen LogP contribution in [0.15, 0.2) is 77.5 Å². The van der Waals surface area contributed by atoms with E-state index < -0.39 is 11.7 Å². The van der Waals surface area contributed by atoms with Crippen molar-refractivity contribution in [3.8, 4) is 11.1 Å². The van der Waals surface area contributed by atoms with Gasteiger partial charge in [0, 0.05) is 29.2 Å². The van der Waals surface area contributed by atoms with Crippen LogP contribution in [0.3, 0.4) is 0 Å². The van der Waals surface area contributed by atoms with E-state index >= 15 is 0 Å². The molecule has 2 heterocycles. The number of halogens is 3. The number of carbonyl (C=O) groups is 1. The fourth-order valence-electron chi connectivity index (χ4n) is 3.23. The molecule has 168 valence electrons. The van der Waals surface area contributed by atoms with E-state index in [0.29, 0.717) is 17.0 Å². The first-order chi connectivity index (χ1) is 15.8. The molecule has 0 saturated heterocycles. The Balaban J connectivity index is 1.45. The predicted octanol–water partition coefficient (Wildman–Crippen LogP) is 5.74. The maximum Gasteiger partial charge on any atom is 0.417 e. The zero-order valence-corrected chi connectivity index (χ0v) is 17.5. The van der Waals surface area contributed by atoms with Crippen LogP contribution in [0.4, 0.5) is 24.8 Å². The number of aromatic nitrogens is 2. The van der Waals surface area contributed by atoms with Gasteiger partial charge in [-0.25, -0.2) is 9.97 Å². The maximum absolute atomic E-state index is 13.3. The van der Waals surface area contributed by atoms with Crippen molar-refractivity contribution >= 4 is 17.5 Å². The minimum absolute atomic E-state index is 0.00182. The molecule has 1 amide bonds. The highest BCUT2D eigenvalue weighted by atomic mass is 19.4. The van der Waals surface area contributed by atoms with Crippen molar-refractivity contribution in [2.45, 2.75) is 19.6 Å². The molecule has 0 fully saturated rings. The lowest BCUT2D eigenvalue weighted by Gasteiger charge is -2.12. The normalized spacial score (nSPS) is 11.3. The summed E-state index contributed by atoms with van der Waals surface area (Å²) in [5, 5.41) is 5.74. The third-order valence-electron chi connectivity index (χ3n) is 4.80. The van der Waals surface area contributed by atoms with Crippen LogP contribution in [-0.4, -0.2) is 15.9 Å². The van der Waals surface area contributed by atoms with E-state index in [1.165, 1.54) is 30.6 Å². The van der Waals surface area contributed by atoms with Crippen molar-refractivity contribution in [1.82, 2.24) is 15.3 Å². The second-order valence-electron chi connectivity index (χ2n) is 7.24. The summed E-state index contributed by atoms with van der Waals surface area (Å²) in [5.41, 5.74) is 0.466. The third-order valence-corrected chi connectivity index (χ3v) is 4.80. The molecule has 2 aromatic heterocycles. The molecule has 9 heteroatoms. The molecule has 0 spiro atoms. The average molecular weight is 452 g/mol. The molecule has 0 aliphatic rings. The maximum atomic E-state index is 13.3. The molecule has 0 bridgehead atoms. The Kier molecular flexibility index (Phi) is 6.12. The molecule has 0 aliphatic carbocycles. The number of carbonyl (C=O) groups excluding carboxylic acids is 1. The molecule has 2 aromatic carbocycles. The van der Waals surface area contributed by atoms with Crippen LogP contribution in [0.25, 0.3) is 11.1 Å². The van der Waals surface area contributed by atoms with Crippen LogP contribution in [0.2, 0.25) is 0 Å². The van der Waals surface area contributed by atoms with E-state index in [9.17, 15) is 18.0 Å². The summed E-state index contributed by atoms with van der Waals surface area (Å²) < 4.78 is 45.2. The molecule has 2 N–H and O–H groups in total. The zero-order chi connectivity index (χ0) is 23.4. The van der Waals surface area contributed by atoms with Crippen LogP contribution in [0.1, 0.15) is 27.4 Å². The number of aryl methyl sites for hydroxylation is 1. The number of hydrogen-bond donors (Lipinski definition) is 2. The minimum Gasteiger partial charge on any atom is -0.465 e. The standard InChI is InChI=1S/C24H19F3N4O2/c1-15-9-10-19(33-15)14-28-22(32)16-5-4-6-18(11-16)31-23-29-12-17(13-30-23)20-7-2-3-8-21(20)24(25,26)27/h2-13H,14H2,1H3,(H,28,32)(H,29,30,31). The number of rotatable bonds is 6. The molecule has 0 unspecified atom stereocenters. The fraction of sp³-hybridized carbons (Fsp3) is 0.125. The summed E-state index contributed by atoms with van der Waals surface area (Å²) in [6.07, 6.45) is -1.84. The van der Waals surface area contributed by atoms with E-state index in [4.69, 9.17) is 4.42 Å². The molecule has 4 aromatic rings. The number of furan rings is 1. The molecule has 6 nitrogen and oxygen atoms in total. The Morgan fingerprint density at radius 1 is 1.00 bits per heavy atom. The first-order valence-corrected chi connectivity index (χ1v) is 9.99. The first kappa shape index (κ1) is 22.1. The summed E-state index contributed by atoms with van der Waals surface area (Å²) in [4.78, 5) is 20.7. The Morgan fingerprint density at radius 3 is 2.45 bits per heavy atom. The monoisotopic (exact) mass is 452 g/mol. The van der Waals surface area contributed by atoms with Crippen LogP contribution < -0.4 is 10.6 Å². The number of amides is 1. The van der Waals surface area contributed by atoms with Crippen molar-refractivity contribution < 1.29 is 22.4 Å². The lowest BCUT2D eigenvalue weighted by atomic mass is 10.0. The van der Waals surface area contributed by atoms with Gasteiger partial charge in [0.25, 0.3) is 5.91 Å². The van der Waals surface area contributed by atoms with Crippen molar-refractivity contribution in [1.29, 1.82) is 0 Å². The van der Waals surface area contributed by atoms with Gasteiger partial charge in [-0.2, -0.15) is 13.2 Å². The van der Waals surface area contributed by atoms with E-state index in [-0.39, 0.29) is 29.5 Å². The Morgan fingerprint density at radius 2 is 1.76 bits per heavy atom. The second kappa shape index (κ2) is 9.15. The highest BCUT2D eigenvalue weighted by Crippen LogP contribution is 2.36. The van der Waals surface area contributed by atoms with Crippen LogP contribution in [0, 0.1) is 6.92 Å².